The number of fused-ring (bicyclic) bond motifs is 1. The maximum atomic E-state index is 12.0. The Bertz CT molecular complexity index is 1240. The minimum atomic E-state index is -0.0678. The second-order valence-corrected chi connectivity index (χ2v) is 8.55. The van der Waals surface area contributed by atoms with Crippen LogP contribution in [0.25, 0.3) is 10.9 Å². The third-order valence-corrected chi connectivity index (χ3v) is 5.84. The highest BCUT2D eigenvalue weighted by Gasteiger charge is 2.13. The van der Waals surface area contributed by atoms with Crippen molar-refractivity contribution in [2.75, 3.05) is 23.7 Å². The minimum absolute atomic E-state index is 0.0678. The van der Waals surface area contributed by atoms with Crippen LogP contribution in [0.3, 0.4) is 0 Å². The number of nitrogens with one attached hydrogen (secondary N) is 3. The Morgan fingerprint density at radius 3 is 2.59 bits per heavy atom. The van der Waals surface area contributed by atoms with Crippen LogP contribution >= 0.6 is 11.3 Å². The van der Waals surface area contributed by atoms with Gasteiger partial charge in [0, 0.05) is 48.7 Å². The summed E-state index contributed by atoms with van der Waals surface area (Å²) in [5, 5.41) is 20.8. The number of likely N-dealkylation sites (N-methyl/N-ethyl adjacent to an activating group) is 1. The summed E-state index contributed by atoms with van der Waals surface area (Å²) in [5.41, 5.74) is 3.80. The summed E-state index contributed by atoms with van der Waals surface area (Å²) in [7, 11) is 0. The Kier molecular flexibility index (Phi) is 8.36. The van der Waals surface area contributed by atoms with E-state index < -0.39 is 0 Å². The third-order valence-electron chi connectivity index (χ3n) is 5.15. The predicted octanol–water partition coefficient (Wildman–Crippen LogP) is 4.09. The van der Waals surface area contributed by atoms with Gasteiger partial charge in [-0.05, 0) is 39.3 Å². The summed E-state index contributed by atoms with van der Waals surface area (Å²) in [6.45, 7) is 11.1. The quantitative estimate of drug-likeness (QED) is 0.365. The first-order chi connectivity index (χ1) is 16.3. The van der Waals surface area contributed by atoms with Crippen molar-refractivity contribution in [3.8, 4) is 0 Å². The Labute approximate surface area is 202 Å². The highest BCUT2D eigenvalue weighted by atomic mass is 32.1. The average Bonchev–Trinajstić information content (AvgIpc) is 3.54. The van der Waals surface area contributed by atoms with Crippen LogP contribution in [0.5, 0.6) is 0 Å². The molecule has 0 bridgehead atoms. The molecule has 0 aliphatic rings. The van der Waals surface area contributed by atoms with E-state index in [4.69, 9.17) is 0 Å². The highest BCUT2D eigenvalue weighted by molar-refractivity contribution is 7.13. The molecule has 0 aliphatic carbocycles. The molecule has 0 unspecified atom stereocenters. The van der Waals surface area contributed by atoms with Gasteiger partial charge in [-0.25, -0.2) is 4.98 Å². The van der Waals surface area contributed by atoms with Crippen molar-refractivity contribution in [3.05, 3.63) is 47.2 Å². The van der Waals surface area contributed by atoms with Crippen molar-refractivity contribution in [1.29, 1.82) is 0 Å². The zero-order valence-electron chi connectivity index (χ0n) is 20.0. The molecule has 4 aromatic rings. The molecule has 180 valence electrons. The van der Waals surface area contributed by atoms with Crippen LogP contribution < -0.4 is 10.6 Å². The van der Waals surface area contributed by atoms with Crippen LogP contribution in [0, 0.1) is 13.8 Å². The largest absolute Gasteiger partial charge is 0.342 e. The molecular formula is C23H30N8O2S. The lowest BCUT2D eigenvalue weighted by Gasteiger charge is -2.18. The van der Waals surface area contributed by atoms with E-state index in [0.717, 1.165) is 51.8 Å². The number of carbonyl (C=O) groups is 2. The van der Waals surface area contributed by atoms with E-state index in [1.165, 1.54) is 18.3 Å². The molecule has 3 aromatic heterocycles. The fourth-order valence-electron chi connectivity index (χ4n) is 3.40. The Morgan fingerprint density at radius 2 is 1.94 bits per heavy atom. The fourth-order valence-corrected chi connectivity index (χ4v) is 3.92. The Hall–Kier alpha value is -3.73. The topological polar surface area (TPSA) is 121 Å². The van der Waals surface area contributed by atoms with Gasteiger partial charge in [-0.3, -0.25) is 19.4 Å². The van der Waals surface area contributed by atoms with Gasteiger partial charge in [0.05, 0.1) is 17.4 Å². The number of anilines is 3. The first kappa shape index (κ1) is 24.9. The lowest BCUT2D eigenvalue weighted by atomic mass is 10.1. The van der Waals surface area contributed by atoms with Gasteiger partial charge in [-0.15, -0.1) is 11.3 Å². The summed E-state index contributed by atoms with van der Waals surface area (Å²) in [6.07, 6.45) is 5.33. The Balaban J connectivity index is 0.000000202. The smallest absolute Gasteiger partial charge is 0.244 e. The molecule has 0 saturated heterocycles. The number of H-pyrrole nitrogens is 1. The van der Waals surface area contributed by atoms with E-state index in [9.17, 15) is 9.59 Å². The van der Waals surface area contributed by atoms with Crippen LogP contribution in [0.15, 0.2) is 36.1 Å². The standard InChI is InChI=1S/C13H19N5OS.C10H11N3O/c1-4-17(5-2)11(19)9-18-8-10(3)12(16-18)15-13-14-6-7-20-13;1-6-3-4-9-8(5-11-13-9)10(6)12-7(2)14/h6-8H,4-5,9H2,1-3H3,(H,14,15,16);3-5H,1-2H3,(H,11,13)(H,12,14). The fraction of sp³-hybridized carbons (Fsp3) is 0.348. The van der Waals surface area contributed by atoms with E-state index in [0.29, 0.717) is 0 Å². The average molecular weight is 483 g/mol. The van der Waals surface area contributed by atoms with Crippen molar-refractivity contribution >= 4 is 50.7 Å². The number of aromatic amines is 1. The van der Waals surface area contributed by atoms with E-state index in [2.05, 4.69) is 30.9 Å². The van der Waals surface area contributed by atoms with Crippen molar-refractivity contribution < 1.29 is 9.59 Å². The maximum Gasteiger partial charge on any atom is 0.244 e. The van der Waals surface area contributed by atoms with Crippen molar-refractivity contribution in [2.24, 2.45) is 0 Å². The molecule has 3 heterocycles. The van der Waals surface area contributed by atoms with Crippen molar-refractivity contribution in [3.63, 3.8) is 0 Å². The van der Waals surface area contributed by atoms with Gasteiger partial charge in [-0.1, -0.05) is 6.07 Å². The first-order valence-electron chi connectivity index (χ1n) is 11.0. The lowest BCUT2D eigenvalue weighted by molar-refractivity contribution is -0.131. The highest BCUT2D eigenvalue weighted by Crippen LogP contribution is 2.25. The molecule has 3 N–H and O–H groups in total. The zero-order chi connectivity index (χ0) is 24.7. The normalized spacial score (nSPS) is 10.5. The van der Waals surface area contributed by atoms with Crippen LogP contribution in [-0.2, 0) is 16.1 Å². The minimum Gasteiger partial charge on any atom is -0.342 e. The second-order valence-electron chi connectivity index (χ2n) is 7.66. The number of thiazole rings is 1. The summed E-state index contributed by atoms with van der Waals surface area (Å²) < 4.78 is 1.67. The Morgan fingerprint density at radius 1 is 1.18 bits per heavy atom. The summed E-state index contributed by atoms with van der Waals surface area (Å²) in [5.74, 6) is 0.757. The van der Waals surface area contributed by atoms with Gasteiger partial charge >= 0.3 is 0 Å². The second kappa shape index (κ2) is 11.4. The van der Waals surface area contributed by atoms with Gasteiger partial charge in [0.25, 0.3) is 0 Å². The lowest BCUT2D eigenvalue weighted by Crippen LogP contribution is -2.33. The van der Waals surface area contributed by atoms with Crippen LogP contribution in [-0.4, -0.2) is 54.8 Å². The molecule has 0 fully saturated rings. The number of hydrogen-bond acceptors (Lipinski definition) is 7. The molecule has 0 aliphatic heterocycles. The molecule has 4 rings (SSSR count). The molecule has 0 spiro atoms. The van der Waals surface area contributed by atoms with Crippen LogP contribution in [0.2, 0.25) is 0 Å². The van der Waals surface area contributed by atoms with Crippen molar-refractivity contribution in [2.45, 2.75) is 41.2 Å². The van der Waals surface area contributed by atoms with E-state index >= 15 is 0 Å². The first-order valence-corrected chi connectivity index (χ1v) is 11.9. The molecule has 0 saturated carbocycles. The molecule has 0 atom stereocenters. The number of aromatic nitrogens is 5. The number of nitrogens with zero attached hydrogens (tertiary/aromatic N) is 5. The third kappa shape index (κ3) is 6.19. The molecule has 2 amide bonds. The monoisotopic (exact) mass is 482 g/mol. The van der Waals surface area contributed by atoms with E-state index in [1.807, 2.05) is 51.4 Å². The van der Waals surface area contributed by atoms with Gasteiger partial charge in [0.15, 0.2) is 10.9 Å². The molecule has 1 aromatic carbocycles. The number of amides is 2. The van der Waals surface area contributed by atoms with Gasteiger partial charge < -0.3 is 15.5 Å². The summed E-state index contributed by atoms with van der Waals surface area (Å²) in [6, 6.07) is 3.90. The molecule has 10 nitrogen and oxygen atoms in total. The summed E-state index contributed by atoms with van der Waals surface area (Å²) >= 11 is 1.52. The van der Waals surface area contributed by atoms with E-state index in [-0.39, 0.29) is 18.4 Å². The number of aryl methyl sites for hydroxylation is 2. The molecule has 11 heteroatoms. The predicted molar refractivity (Wildman–Crippen MR) is 135 cm³/mol. The van der Waals surface area contributed by atoms with Crippen LogP contribution in [0.1, 0.15) is 31.9 Å². The molecule has 0 radical (unpaired) electrons. The number of hydrogen-bond donors (Lipinski definition) is 3. The molecular weight excluding hydrogens is 452 g/mol. The van der Waals surface area contributed by atoms with E-state index in [1.54, 1.807) is 22.0 Å². The maximum absolute atomic E-state index is 12.0. The van der Waals surface area contributed by atoms with Crippen LogP contribution in [0.4, 0.5) is 16.6 Å². The number of carbonyl (C=O) groups excluding carboxylic acids is 2. The molecule has 34 heavy (non-hydrogen) atoms. The van der Waals surface area contributed by atoms with Gasteiger partial charge in [-0.2, -0.15) is 10.2 Å². The number of rotatable bonds is 7. The van der Waals surface area contributed by atoms with Gasteiger partial charge in [0.1, 0.15) is 6.54 Å². The van der Waals surface area contributed by atoms with Gasteiger partial charge in [0.2, 0.25) is 11.8 Å². The SMILES string of the molecule is CC(=O)Nc1c(C)ccc2[nH]ncc12.CCN(CC)C(=O)Cn1cc(C)c(Nc2nccs2)n1. The zero-order valence-corrected chi connectivity index (χ0v) is 20.9. The number of benzene rings is 1. The van der Waals surface area contributed by atoms with Crippen molar-refractivity contribution in [1.82, 2.24) is 29.9 Å². The summed E-state index contributed by atoms with van der Waals surface area (Å²) in [4.78, 5) is 29.0.